The molecule has 3 heterocycles. The summed E-state index contributed by atoms with van der Waals surface area (Å²) in [7, 11) is -3.77. The van der Waals surface area contributed by atoms with E-state index >= 15 is 0 Å². The predicted molar refractivity (Wildman–Crippen MR) is 114 cm³/mol. The van der Waals surface area contributed by atoms with Gasteiger partial charge in [0.2, 0.25) is 15.9 Å². The van der Waals surface area contributed by atoms with Crippen molar-refractivity contribution < 1.29 is 13.2 Å². The zero-order chi connectivity index (χ0) is 22.1. The van der Waals surface area contributed by atoms with E-state index in [1.54, 1.807) is 23.2 Å². The van der Waals surface area contributed by atoms with Crippen LogP contribution in [0.1, 0.15) is 46.2 Å². The summed E-state index contributed by atoms with van der Waals surface area (Å²) in [5.41, 5.74) is 0.581. The minimum atomic E-state index is -3.77. The summed E-state index contributed by atoms with van der Waals surface area (Å²) in [6, 6.07) is 5.43. The number of carbonyl (C=O) groups excluding carboxylic acids is 1. The molecule has 0 aromatic carbocycles. The Morgan fingerprint density at radius 2 is 1.73 bits per heavy atom. The van der Waals surface area contributed by atoms with E-state index in [0.717, 1.165) is 0 Å². The molecule has 0 saturated carbocycles. The van der Waals surface area contributed by atoms with Crippen LogP contribution in [-0.4, -0.2) is 64.7 Å². The van der Waals surface area contributed by atoms with Crippen LogP contribution in [0.15, 0.2) is 35.5 Å². The highest BCUT2D eigenvalue weighted by Crippen LogP contribution is 2.27. The number of pyridine rings is 1. The van der Waals surface area contributed by atoms with E-state index in [-0.39, 0.29) is 29.8 Å². The number of amides is 1. The van der Waals surface area contributed by atoms with E-state index in [2.05, 4.69) is 15.0 Å². The second kappa shape index (κ2) is 8.39. The molecule has 9 heteroatoms. The first kappa shape index (κ1) is 22.3. The maximum Gasteiger partial charge on any atom is 0.246 e. The number of hydrogen-bond donors (Lipinski definition) is 0. The molecule has 1 saturated heterocycles. The Morgan fingerprint density at radius 3 is 2.27 bits per heavy atom. The van der Waals surface area contributed by atoms with E-state index in [1.165, 1.54) is 10.5 Å². The van der Waals surface area contributed by atoms with Gasteiger partial charge in [0.05, 0.1) is 11.9 Å². The van der Waals surface area contributed by atoms with Gasteiger partial charge < -0.3 is 4.90 Å². The third kappa shape index (κ3) is 4.52. The molecule has 1 aliphatic rings. The molecule has 1 aliphatic heterocycles. The van der Waals surface area contributed by atoms with E-state index < -0.39 is 15.4 Å². The van der Waals surface area contributed by atoms with Gasteiger partial charge in [0.15, 0.2) is 5.82 Å². The predicted octanol–water partition coefficient (Wildman–Crippen LogP) is 2.54. The molecule has 0 N–H and O–H groups in total. The summed E-state index contributed by atoms with van der Waals surface area (Å²) in [6.45, 7) is 10.7. The Labute approximate surface area is 178 Å². The fourth-order valence-electron chi connectivity index (χ4n) is 3.36. The molecule has 162 valence electrons. The number of nitrogens with zero attached hydrogens (tertiary/aromatic N) is 5. The van der Waals surface area contributed by atoms with Gasteiger partial charge in [0.25, 0.3) is 0 Å². The van der Waals surface area contributed by atoms with Crippen LogP contribution in [0.2, 0.25) is 0 Å². The molecule has 3 rings (SSSR count). The maximum absolute atomic E-state index is 13.4. The smallest absolute Gasteiger partial charge is 0.246 e. The number of piperazine rings is 1. The Bertz CT molecular complexity index is 1010. The Kier molecular flexibility index (Phi) is 6.24. The molecule has 0 bridgehead atoms. The summed E-state index contributed by atoms with van der Waals surface area (Å²) in [4.78, 5) is 27.4. The normalized spacial score (nSPS) is 16.1. The van der Waals surface area contributed by atoms with Crippen LogP contribution in [0.3, 0.4) is 0 Å². The van der Waals surface area contributed by atoms with Crippen LogP contribution < -0.4 is 0 Å². The van der Waals surface area contributed by atoms with Crippen molar-refractivity contribution in [3.05, 3.63) is 36.3 Å². The van der Waals surface area contributed by atoms with Crippen molar-refractivity contribution in [1.29, 1.82) is 0 Å². The molecule has 0 aliphatic carbocycles. The standard InChI is InChI=1S/C21H29N5O3S/c1-15(2)18-17(14-23-19(24-18)16-8-6-7-9-22-16)30(28,29)26-12-10-25(11-13-26)20(27)21(3,4)5/h6-9,14-15H,10-13H2,1-5H3. The van der Waals surface area contributed by atoms with Crippen molar-refractivity contribution in [2.45, 2.75) is 45.4 Å². The lowest BCUT2D eigenvalue weighted by molar-refractivity contribution is -0.140. The monoisotopic (exact) mass is 431 g/mol. The van der Waals surface area contributed by atoms with E-state index in [9.17, 15) is 13.2 Å². The summed E-state index contributed by atoms with van der Waals surface area (Å²) >= 11 is 0. The Morgan fingerprint density at radius 1 is 1.07 bits per heavy atom. The van der Waals surface area contributed by atoms with Gasteiger partial charge in [-0.3, -0.25) is 9.78 Å². The van der Waals surface area contributed by atoms with Crippen molar-refractivity contribution >= 4 is 15.9 Å². The molecule has 1 amide bonds. The van der Waals surface area contributed by atoms with Gasteiger partial charge in [0.1, 0.15) is 10.6 Å². The molecule has 2 aromatic rings. The summed E-state index contributed by atoms with van der Waals surface area (Å²) in [6.07, 6.45) is 3.03. The molecule has 30 heavy (non-hydrogen) atoms. The first-order valence-electron chi connectivity index (χ1n) is 10.1. The average molecular weight is 432 g/mol. The fraction of sp³-hybridized carbons (Fsp3) is 0.524. The van der Waals surface area contributed by atoms with Crippen LogP contribution in [0.25, 0.3) is 11.5 Å². The largest absolute Gasteiger partial charge is 0.340 e. The average Bonchev–Trinajstić information content (AvgIpc) is 2.72. The van der Waals surface area contributed by atoms with Crippen molar-refractivity contribution in [2.75, 3.05) is 26.2 Å². The third-order valence-electron chi connectivity index (χ3n) is 5.01. The van der Waals surface area contributed by atoms with Gasteiger partial charge in [-0.25, -0.2) is 18.4 Å². The van der Waals surface area contributed by atoms with Crippen LogP contribution in [-0.2, 0) is 14.8 Å². The molecule has 0 atom stereocenters. The lowest BCUT2D eigenvalue weighted by Crippen LogP contribution is -2.53. The topological polar surface area (TPSA) is 96.4 Å². The quantitative estimate of drug-likeness (QED) is 0.738. The summed E-state index contributed by atoms with van der Waals surface area (Å²) in [5, 5.41) is 0. The maximum atomic E-state index is 13.4. The third-order valence-corrected chi connectivity index (χ3v) is 6.92. The molecule has 0 unspecified atom stereocenters. The number of hydrogen-bond acceptors (Lipinski definition) is 6. The van der Waals surface area contributed by atoms with E-state index in [1.807, 2.05) is 40.7 Å². The zero-order valence-corrected chi connectivity index (χ0v) is 19.0. The second-order valence-corrected chi connectivity index (χ2v) is 10.7. The number of rotatable bonds is 4. The Hall–Kier alpha value is -2.39. The molecule has 0 spiro atoms. The number of carbonyl (C=O) groups is 1. The van der Waals surface area contributed by atoms with E-state index in [4.69, 9.17) is 0 Å². The fourth-order valence-corrected chi connectivity index (χ4v) is 5.01. The number of sulfonamides is 1. The van der Waals surface area contributed by atoms with E-state index in [0.29, 0.717) is 30.3 Å². The zero-order valence-electron chi connectivity index (χ0n) is 18.2. The van der Waals surface area contributed by atoms with Gasteiger partial charge in [-0.1, -0.05) is 40.7 Å². The summed E-state index contributed by atoms with van der Waals surface area (Å²) in [5.74, 6) is 0.327. The second-order valence-electron chi connectivity index (χ2n) is 8.76. The lowest BCUT2D eigenvalue weighted by Gasteiger charge is -2.37. The molecule has 1 fully saturated rings. The highest BCUT2D eigenvalue weighted by Gasteiger charge is 2.35. The van der Waals surface area contributed by atoms with Crippen LogP contribution in [0, 0.1) is 5.41 Å². The van der Waals surface area contributed by atoms with Crippen molar-refractivity contribution in [2.24, 2.45) is 5.41 Å². The molecular weight excluding hydrogens is 402 g/mol. The van der Waals surface area contributed by atoms with Gasteiger partial charge in [-0.15, -0.1) is 0 Å². The molecular formula is C21H29N5O3S. The van der Waals surface area contributed by atoms with Crippen LogP contribution >= 0.6 is 0 Å². The van der Waals surface area contributed by atoms with Crippen LogP contribution in [0.4, 0.5) is 0 Å². The van der Waals surface area contributed by atoms with Crippen LogP contribution in [0.5, 0.6) is 0 Å². The van der Waals surface area contributed by atoms with Gasteiger partial charge in [-0.05, 0) is 18.1 Å². The molecule has 0 radical (unpaired) electrons. The minimum absolute atomic E-state index is 0.0328. The molecule has 2 aromatic heterocycles. The highest BCUT2D eigenvalue weighted by atomic mass is 32.2. The van der Waals surface area contributed by atoms with Gasteiger partial charge in [-0.2, -0.15) is 4.31 Å². The summed E-state index contributed by atoms with van der Waals surface area (Å²) < 4.78 is 28.1. The highest BCUT2D eigenvalue weighted by molar-refractivity contribution is 7.89. The van der Waals surface area contributed by atoms with Crippen molar-refractivity contribution in [1.82, 2.24) is 24.2 Å². The van der Waals surface area contributed by atoms with Crippen molar-refractivity contribution in [3.8, 4) is 11.5 Å². The van der Waals surface area contributed by atoms with Gasteiger partial charge in [0, 0.05) is 37.8 Å². The Balaban J connectivity index is 1.87. The SMILES string of the molecule is CC(C)c1nc(-c2ccccn2)ncc1S(=O)(=O)N1CCN(C(=O)C(C)(C)C)CC1. The first-order chi connectivity index (χ1) is 14.0. The first-order valence-corrected chi connectivity index (χ1v) is 11.5. The lowest BCUT2D eigenvalue weighted by atomic mass is 9.94. The minimum Gasteiger partial charge on any atom is -0.340 e. The number of aromatic nitrogens is 3. The molecule has 8 nitrogen and oxygen atoms in total. The van der Waals surface area contributed by atoms with Gasteiger partial charge >= 0.3 is 0 Å². The van der Waals surface area contributed by atoms with Crippen molar-refractivity contribution in [3.63, 3.8) is 0 Å².